The number of aromatic nitrogens is 2. The van der Waals surface area contributed by atoms with Crippen molar-refractivity contribution in [2.24, 2.45) is 0 Å². The van der Waals surface area contributed by atoms with Crippen molar-refractivity contribution in [3.8, 4) is 5.69 Å². The molecule has 1 aromatic heterocycles. The third-order valence-corrected chi connectivity index (χ3v) is 5.35. The summed E-state index contributed by atoms with van der Waals surface area (Å²) in [5.74, 6) is 0. The van der Waals surface area contributed by atoms with Crippen molar-refractivity contribution in [3.63, 3.8) is 0 Å². The van der Waals surface area contributed by atoms with E-state index in [9.17, 15) is 9.59 Å². The van der Waals surface area contributed by atoms with Gasteiger partial charge in [-0.2, -0.15) is 9.78 Å². The zero-order chi connectivity index (χ0) is 19.6. The number of piperidine rings is 1. The highest BCUT2D eigenvalue weighted by atomic mass is 35.5. The Morgan fingerprint density at radius 2 is 2.07 bits per heavy atom. The topological polar surface area (TPSA) is 76.5 Å². The van der Waals surface area contributed by atoms with Gasteiger partial charge in [-0.3, -0.25) is 4.79 Å². The molecule has 2 heterocycles. The average molecular weight is 432 g/mol. The normalized spacial score (nSPS) is 16.9. The lowest BCUT2D eigenvalue weighted by atomic mass is 10.1. The van der Waals surface area contributed by atoms with E-state index in [-0.39, 0.29) is 22.2 Å². The van der Waals surface area contributed by atoms with E-state index in [0.29, 0.717) is 29.5 Å². The number of hydrogen-bond acceptors (Lipinski definition) is 5. The second-order valence-corrected chi connectivity index (χ2v) is 7.28. The van der Waals surface area contributed by atoms with Crippen LogP contribution in [-0.2, 0) is 4.74 Å². The molecular weight excluding hydrogens is 415 g/mol. The van der Waals surface area contributed by atoms with Gasteiger partial charge in [-0.25, -0.2) is 4.79 Å². The van der Waals surface area contributed by atoms with Crippen LogP contribution in [-0.4, -0.2) is 47.0 Å². The van der Waals surface area contributed by atoms with Crippen LogP contribution < -0.4 is 10.9 Å². The molecule has 0 bridgehead atoms. The summed E-state index contributed by atoms with van der Waals surface area (Å²) in [6.07, 6.45) is 2.73. The molecule has 1 N–H and O–H groups in total. The van der Waals surface area contributed by atoms with Crippen molar-refractivity contribution in [1.82, 2.24) is 14.7 Å². The molecule has 27 heavy (non-hydrogen) atoms. The molecule has 7 nitrogen and oxygen atoms in total. The molecule has 1 saturated heterocycles. The van der Waals surface area contributed by atoms with Crippen molar-refractivity contribution in [1.29, 1.82) is 0 Å². The number of amides is 1. The maximum atomic E-state index is 12.2. The fraction of sp³-hybridized carbons (Fsp3) is 0.353. The number of anilines is 1. The molecule has 0 spiro atoms. The van der Waals surface area contributed by atoms with Crippen molar-refractivity contribution in [2.45, 2.75) is 18.9 Å². The Morgan fingerprint density at radius 1 is 1.30 bits per heavy atom. The van der Waals surface area contributed by atoms with Crippen molar-refractivity contribution >= 4 is 46.6 Å². The number of nitrogens with one attached hydrogen (secondary N) is 1. The first-order valence-corrected chi connectivity index (χ1v) is 9.36. The predicted molar refractivity (Wildman–Crippen MR) is 105 cm³/mol. The Balaban J connectivity index is 1.79. The lowest BCUT2D eigenvalue weighted by molar-refractivity contribution is 0.113. The smallest absolute Gasteiger partial charge is 0.409 e. The SMILES string of the molecule is COC(=O)N1CCCC(Nc2ccc(-n3ncc(Cl)c(Cl)c3=O)cc2Cl)C1. The Bertz CT molecular complexity index is 919. The fourth-order valence-electron chi connectivity index (χ4n) is 2.96. The lowest BCUT2D eigenvalue weighted by Gasteiger charge is -2.32. The Morgan fingerprint density at radius 3 is 2.78 bits per heavy atom. The molecule has 0 radical (unpaired) electrons. The zero-order valence-corrected chi connectivity index (χ0v) is 16.7. The number of methoxy groups -OCH3 is 1. The van der Waals surface area contributed by atoms with Crippen LogP contribution in [0.1, 0.15) is 12.8 Å². The van der Waals surface area contributed by atoms with Gasteiger partial charge in [-0.05, 0) is 31.0 Å². The quantitative estimate of drug-likeness (QED) is 0.799. The standard InChI is InChI=1S/C17H17Cl3N4O3/c1-27-17(26)23-6-2-3-10(9-23)22-14-5-4-11(7-12(14)18)24-16(25)15(20)13(19)8-21-24/h4-5,7-8,10,22H,2-3,6,9H2,1H3. The van der Waals surface area contributed by atoms with Gasteiger partial charge in [0.15, 0.2) is 0 Å². The molecule has 2 aromatic rings. The van der Waals surface area contributed by atoms with E-state index in [4.69, 9.17) is 39.5 Å². The molecule has 1 unspecified atom stereocenters. The zero-order valence-electron chi connectivity index (χ0n) is 14.4. The first kappa shape index (κ1) is 19.8. The fourth-order valence-corrected chi connectivity index (χ4v) is 3.44. The molecule has 0 saturated carbocycles. The van der Waals surface area contributed by atoms with Crippen LogP contribution in [0.5, 0.6) is 0 Å². The van der Waals surface area contributed by atoms with Crippen molar-refractivity contribution in [2.75, 3.05) is 25.5 Å². The van der Waals surface area contributed by atoms with E-state index >= 15 is 0 Å². The molecule has 144 valence electrons. The number of rotatable bonds is 3. The van der Waals surface area contributed by atoms with Gasteiger partial charge in [0.1, 0.15) is 5.02 Å². The highest BCUT2D eigenvalue weighted by Crippen LogP contribution is 2.27. The van der Waals surface area contributed by atoms with Gasteiger partial charge in [-0.15, -0.1) is 0 Å². The van der Waals surface area contributed by atoms with E-state index in [2.05, 4.69) is 10.4 Å². The maximum Gasteiger partial charge on any atom is 0.409 e. The van der Waals surface area contributed by atoms with Gasteiger partial charge >= 0.3 is 6.09 Å². The number of nitrogens with zero attached hydrogens (tertiary/aromatic N) is 3. The van der Waals surface area contributed by atoms with E-state index in [1.165, 1.54) is 13.3 Å². The monoisotopic (exact) mass is 430 g/mol. The van der Waals surface area contributed by atoms with E-state index in [1.807, 2.05) is 0 Å². The number of carbonyl (C=O) groups is 1. The van der Waals surface area contributed by atoms with Crippen LogP contribution >= 0.6 is 34.8 Å². The Kier molecular flexibility index (Phi) is 6.14. The summed E-state index contributed by atoms with van der Waals surface area (Å²) < 4.78 is 5.91. The summed E-state index contributed by atoms with van der Waals surface area (Å²) in [6, 6.07) is 5.12. The van der Waals surface area contributed by atoms with Crippen LogP contribution in [0.3, 0.4) is 0 Å². The number of benzene rings is 1. The first-order chi connectivity index (χ1) is 12.9. The van der Waals surface area contributed by atoms with Gasteiger partial charge in [0, 0.05) is 19.1 Å². The lowest BCUT2D eigenvalue weighted by Crippen LogP contribution is -2.45. The minimum atomic E-state index is -0.526. The third-order valence-electron chi connectivity index (χ3n) is 4.29. The summed E-state index contributed by atoms with van der Waals surface area (Å²) in [6.45, 7) is 1.20. The molecular formula is C17H17Cl3N4O3. The molecule has 3 rings (SSSR count). The molecule has 1 aliphatic rings. The number of likely N-dealkylation sites (tertiary alicyclic amines) is 1. The van der Waals surface area contributed by atoms with Crippen molar-refractivity contribution in [3.05, 3.63) is 49.8 Å². The second kappa shape index (κ2) is 8.37. The van der Waals surface area contributed by atoms with Crippen LogP contribution in [0.15, 0.2) is 29.2 Å². The van der Waals surface area contributed by atoms with Crippen LogP contribution in [0.4, 0.5) is 10.5 Å². The summed E-state index contributed by atoms with van der Waals surface area (Å²) in [5, 5.41) is 7.73. The van der Waals surface area contributed by atoms with Crippen LogP contribution in [0.25, 0.3) is 5.69 Å². The minimum absolute atomic E-state index is 0.0482. The first-order valence-electron chi connectivity index (χ1n) is 8.23. The van der Waals surface area contributed by atoms with E-state index in [0.717, 1.165) is 17.5 Å². The predicted octanol–water partition coefficient (Wildman–Crippen LogP) is 3.84. The van der Waals surface area contributed by atoms with E-state index in [1.54, 1.807) is 23.1 Å². The minimum Gasteiger partial charge on any atom is -0.453 e. The highest BCUT2D eigenvalue weighted by Gasteiger charge is 2.24. The molecule has 1 atom stereocenters. The third kappa shape index (κ3) is 4.31. The summed E-state index contributed by atoms with van der Waals surface area (Å²) in [7, 11) is 1.37. The van der Waals surface area contributed by atoms with Crippen LogP contribution in [0, 0.1) is 0 Å². The Hall–Kier alpha value is -1.96. The molecule has 1 aliphatic heterocycles. The number of hydrogen-bond donors (Lipinski definition) is 1. The summed E-state index contributed by atoms with van der Waals surface area (Å²) in [5.41, 5.74) is 0.640. The van der Waals surface area contributed by atoms with Gasteiger partial charge in [0.05, 0.1) is 34.7 Å². The molecule has 1 aromatic carbocycles. The Labute approximate surface area is 170 Å². The molecule has 1 amide bonds. The largest absolute Gasteiger partial charge is 0.453 e. The number of carbonyl (C=O) groups excluding carboxylic acids is 1. The summed E-state index contributed by atoms with van der Waals surface area (Å²) in [4.78, 5) is 25.6. The number of ether oxygens (including phenoxy) is 1. The highest BCUT2D eigenvalue weighted by molar-refractivity contribution is 6.41. The maximum absolute atomic E-state index is 12.2. The molecule has 1 fully saturated rings. The average Bonchev–Trinajstić information content (AvgIpc) is 2.67. The van der Waals surface area contributed by atoms with Crippen molar-refractivity contribution < 1.29 is 9.53 Å². The van der Waals surface area contributed by atoms with Gasteiger partial charge in [-0.1, -0.05) is 34.8 Å². The van der Waals surface area contributed by atoms with E-state index < -0.39 is 5.56 Å². The second-order valence-electron chi connectivity index (χ2n) is 6.09. The van der Waals surface area contributed by atoms with Gasteiger partial charge in [0.25, 0.3) is 5.56 Å². The van der Waals surface area contributed by atoms with Gasteiger partial charge in [0.2, 0.25) is 0 Å². The molecule has 0 aliphatic carbocycles. The van der Waals surface area contributed by atoms with Gasteiger partial charge < -0.3 is 15.0 Å². The summed E-state index contributed by atoms with van der Waals surface area (Å²) >= 11 is 18.1. The molecule has 10 heteroatoms. The number of halogens is 3. The van der Waals surface area contributed by atoms with Crippen LogP contribution in [0.2, 0.25) is 15.1 Å².